The second kappa shape index (κ2) is 5.53. The van der Waals surface area contributed by atoms with Crippen LogP contribution in [0.4, 0.5) is 21.6 Å². The second-order valence-corrected chi connectivity index (χ2v) is 4.33. The summed E-state index contributed by atoms with van der Waals surface area (Å²) in [7, 11) is 0. The van der Waals surface area contributed by atoms with Gasteiger partial charge in [-0.05, 0) is 25.1 Å². The van der Waals surface area contributed by atoms with E-state index in [1.807, 2.05) is 0 Å². The molecule has 0 saturated carbocycles. The fraction of sp³-hybridized carbons (Fsp3) is 0.0769. The van der Waals surface area contributed by atoms with Crippen LogP contribution in [-0.2, 0) is 0 Å². The molecule has 0 radical (unpaired) electrons. The Kier molecular flexibility index (Phi) is 3.79. The number of pyridine rings is 1. The van der Waals surface area contributed by atoms with Gasteiger partial charge in [0.05, 0.1) is 16.7 Å². The van der Waals surface area contributed by atoms with Gasteiger partial charge in [0.2, 0.25) is 0 Å². The molecule has 1 heterocycles. The largest absolute Gasteiger partial charge is 0.384 e. The van der Waals surface area contributed by atoms with E-state index in [1.54, 1.807) is 6.92 Å². The quantitative estimate of drug-likeness (QED) is 0.665. The van der Waals surface area contributed by atoms with E-state index < -0.39 is 22.3 Å². The standard InChI is InChI=1S/C13H11FN4O3/c1-7-2-8(3-12(15)16-7)13(19)17-10-4-9(14)5-11(6-10)18(20)21/h2-6H,1H3,(H2,15,16)(H,17,19). The molecule has 0 spiro atoms. The van der Waals surface area contributed by atoms with Crippen LogP contribution in [0.1, 0.15) is 16.1 Å². The van der Waals surface area contributed by atoms with Crippen molar-refractivity contribution in [1.29, 1.82) is 0 Å². The van der Waals surface area contributed by atoms with E-state index in [-0.39, 0.29) is 17.1 Å². The third-order valence-corrected chi connectivity index (χ3v) is 2.59. The molecule has 1 aromatic heterocycles. The Balaban J connectivity index is 2.29. The van der Waals surface area contributed by atoms with Crippen LogP contribution < -0.4 is 11.1 Å². The lowest BCUT2D eigenvalue weighted by Gasteiger charge is -2.07. The lowest BCUT2D eigenvalue weighted by atomic mass is 10.2. The summed E-state index contributed by atoms with van der Waals surface area (Å²) in [5, 5.41) is 13.0. The third kappa shape index (κ3) is 3.50. The van der Waals surface area contributed by atoms with Gasteiger partial charge in [0.1, 0.15) is 11.6 Å². The SMILES string of the molecule is Cc1cc(C(=O)Nc2cc(F)cc([N+](=O)[O-])c2)cc(N)n1. The first kappa shape index (κ1) is 14.4. The summed E-state index contributed by atoms with van der Waals surface area (Å²) in [4.78, 5) is 25.9. The molecule has 2 aromatic rings. The lowest BCUT2D eigenvalue weighted by molar-refractivity contribution is -0.385. The fourth-order valence-corrected chi connectivity index (χ4v) is 1.78. The van der Waals surface area contributed by atoms with Gasteiger partial charge in [-0.1, -0.05) is 0 Å². The molecule has 1 amide bonds. The van der Waals surface area contributed by atoms with Crippen molar-refractivity contribution in [3.63, 3.8) is 0 Å². The van der Waals surface area contributed by atoms with Crippen LogP contribution in [0.15, 0.2) is 30.3 Å². The Hall–Kier alpha value is -3.03. The third-order valence-electron chi connectivity index (χ3n) is 2.59. The zero-order valence-corrected chi connectivity index (χ0v) is 11.0. The first-order chi connectivity index (χ1) is 9.85. The number of carbonyl (C=O) groups is 1. The molecule has 0 aliphatic rings. The normalized spacial score (nSPS) is 10.2. The number of carbonyl (C=O) groups excluding carboxylic acids is 1. The van der Waals surface area contributed by atoms with Gasteiger partial charge in [-0.15, -0.1) is 0 Å². The number of anilines is 2. The van der Waals surface area contributed by atoms with E-state index >= 15 is 0 Å². The molecule has 0 saturated heterocycles. The minimum Gasteiger partial charge on any atom is -0.384 e. The number of nitro benzene ring substituents is 1. The topological polar surface area (TPSA) is 111 Å². The molecule has 21 heavy (non-hydrogen) atoms. The van der Waals surface area contributed by atoms with Gasteiger partial charge in [-0.2, -0.15) is 0 Å². The zero-order valence-electron chi connectivity index (χ0n) is 11.0. The Bertz CT molecular complexity index is 713. The number of nitrogens with one attached hydrogen (secondary N) is 1. The summed E-state index contributed by atoms with van der Waals surface area (Å²) in [6.45, 7) is 1.67. The molecule has 3 N–H and O–H groups in total. The minimum absolute atomic E-state index is 0.0141. The summed E-state index contributed by atoms with van der Waals surface area (Å²) < 4.78 is 13.3. The molecule has 0 aliphatic carbocycles. The van der Waals surface area contributed by atoms with Crippen LogP contribution in [0.5, 0.6) is 0 Å². The van der Waals surface area contributed by atoms with Crippen LogP contribution in [0.2, 0.25) is 0 Å². The van der Waals surface area contributed by atoms with Crippen LogP contribution in [0.3, 0.4) is 0 Å². The Morgan fingerprint density at radius 3 is 2.67 bits per heavy atom. The van der Waals surface area contributed by atoms with Crippen LogP contribution in [0, 0.1) is 22.9 Å². The molecule has 0 atom stereocenters. The van der Waals surface area contributed by atoms with E-state index in [9.17, 15) is 19.3 Å². The number of benzene rings is 1. The minimum atomic E-state index is -0.815. The maximum atomic E-state index is 13.3. The highest BCUT2D eigenvalue weighted by Gasteiger charge is 2.13. The predicted molar refractivity (Wildman–Crippen MR) is 74.4 cm³/mol. The molecular formula is C13H11FN4O3. The Morgan fingerprint density at radius 1 is 1.33 bits per heavy atom. The van der Waals surface area contributed by atoms with Crippen molar-refractivity contribution in [2.45, 2.75) is 6.92 Å². The molecule has 8 heteroatoms. The number of hydrogen-bond donors (Lipinski definition) is 2. The maximum absolute atomic E-state index is 13.3. The highest BCUT2D eigenvalue weighted by molar-refractivity contribution is 6.04. The van der Waals surface area contributed by atoms with Gasteiger partial charge in [0.25, 0.3) is 11.6 Å². The number of non-ortho nitro benzene ring substituents is 1. The summed E-state index contributed by atoms with van der Waals surface area (Å²) in [5.41, 5.74) is 5.85. The molecule has 7 nitrogen and oxygen atoms in total. The average molecular weight is 290 g/mol. The van der Waals surface area contributed by atoms with Crippen molar-refractivity contribution >= 4 is 23.1 Å². The Morgan fingerprint density at radius 2 is 2.05 bits per heavy atom. The van der Waals surface area contributed by atoms with Gasteiger partial charge in [0, 0.05) is 17.3 Å². The highest BCUT2D eigenvalue weighted by atomic mass is 19.1. The zero-order chi connectivity index (χ0) is 15.6. The van der Waals surface area contributed by atoms with Crippen molar-refractivity contribution in [3.8, 4) is 0 Å². The number of amides is 1. The number of aromatic nitrogens is 1. The summed E-state index contributed by atoms with van der Waals surface area (Å²) in [6.07, 6.45) is 0. The monoisotopic (exact) mass is 290 g/mol. The predicted octanol–water partition coefficient (Wildman–Crippen LogP) is 2.27. The summed E-state index contributed by atoms with van der Waals surface area (Å²) in [5.74, 6) is -1.21. The number of nitrogens with zero attached hydrogens (tertiary/aromatic N) is 2. The summed E-state index contributed by atoms with van der Waals surface area (Å²) in [6, 6.07) is 5.68. The molecule has 0 unspecified atom stereocenters. The van der Waals surface area contributed by atoms with E-state index in [4.69, 9.17) is 5.73 Å². The second-order valence-electron chi connectivity index (χ2n) is 4.33. The summed E-state index contributed by atoms with van der Waals surface area (Å²) >= 11 is 0. The molecule has 0 fully saturated rings. The number of nitrogen functional groups attached to an aromatic ring is 1. The molecule has 108 valence electrons. The van der Waals surface area contributed by atoms with E-state index in [0.29, 0.717) is 5.69 Å². The van der Waals surface area contributed by atoms with E-state index in [0.717, 1.165) is 18.2 Å². The first-order valence-electron chi connectivity index (χ1n) is 5.85. The van der Waals surface area contributed by atoms with Gasteiger partial charge >= 0.3 is 0 Å². The molecular weight excluding hydrogens is 279 g/mol. The first-order valence-corrected chi connectivity index (χ1v) is 5.85. The molecule has 0 bridgehead atoms. The van der Waals surface area contributed by atoms with E-state index in [2.05, 4.69) is 10.3 Å². The molecule has 1 aromatic carbocycles. The van der Waals surface area contributed by atoms with Gasteiger partial charge in [-0.25, -0.2) is 9.37 Å². The number of nitrogens with two attached hydrogens (primary N) is 1. The number of hydrogen-bond acceptors (Lipinski definition) is 5. The molecule has 0 aliphatic heterocycles. The van der Waals surface area contributed by atoms with Crippen LogP contribution in [0.25, 0.3) is 0 Å². The number of nitro groups is 1. The van der Waals surface area contributed by atoms with Crippen molar-refractivity contribution in [2.24, 2.45) is 0 Å². The fourth-order valence-electron chi connectivity index (χ4n) is 1.78. The number of rotatable bonds is 3. The Labute approximate surface area is 118 Å². The van der Waals surface area contributed by atoms with Crippen LogP contribution >= 0.6 is 0 Å². The van der Waals surface area contributed by atoms with E-state index in [1.165, 1.54) is 12.1 Å². The average Bonchev–Trinajstić information content (AvgIpc) is 2.36. The maximum Gasteiger partial charge on any atom is 0.274 e. The highest BCUT2D eigenvalue weighted by Crippen LogP contribution is 2.21. The molecule has 2 rings (SSSR count). The van der Waals surface area contributed by atoms with Crippen molar-refractivity contribution in [2.75, 3.05) is 11.1 Å². The number of aryl methyl sites for hydroxylation is 1. The smallest absolute Gasteiger partial charge is 0.274 e. The van der Waals surface area contributed by atoms with Gasteiger partial charge in [0.15, 0.2) is 0 Å². The van der Waals surface area contributed by atoms with Crippen LogP contribution in [-0.4, -0.2) is 15.8 Å². The number of halogens is 1. The van der Waals surface area contributed by atoms with Crippen molar-refractivity contribution < 1.29 is 14.1 Å². The van der Waals surface area contributed by atoms with Crippen molar-refractivity contribution in [3.05, 3.63) is 57.5 Å². The van der Waals surface area contributed by atoms with Gasteiger partial charge < -0.3 is 11.1 Å². The lowest BCUT2D eigenvalue weighted by Crippen LogP contribution is -2.13. The van der Waals surface area contributed by atoms with Crippen molar-refractivity contribution in [1.82, 2.24) is 4.98 Å². The van der Waals surface area contributed by atoms with Gasteiger partial charge in [-0.3, -0.25) is 14.9 Å².